The van der Waals surface area contributed by atoms with E-state index in [0.717, 1.165) is 12.8 Å². The van der Waals surface area contributed by atoms with Crippen LogP contribution in [0.2, 0.25) is 5.04 Å². The summed E-state index contributed by atoms with van der Waals surface area (Å²) < 4.78 is 15.2. The van der Waals surface area contributed by atoms with Gasteiger partial charge in [0, 0.05) is 0 Å². The van der Waals surface area contributed by atoms with Crippen molar-refractivity contribution < 1.29 is 9.16 Å². The van der Waals surface area contributed by atoms with Crippen molar-refractivity contribution in [2.75, 3.05) is 6.61 Å². The Kier molecular flexibility index (Phi) is 6.95. The van der Waals surface area contributed by atoms with Crippen molar-refractivity contribution in [3.63, 3.8) is 0 Å². The van der Waals surface area contributed by atoms with E-state index >= 15 is 0 Å². The molecule has 1 fully saturated rings. The van der Waals surface area contributed by atoms with Gasteiger partial charge in [0.2, 0.25) is 0 Å². The summed E-state index contributed by atoms with van der Waals surface area (Å²) in [6.07, 6.45) is 4.68. The van der Waals surface area contributed by atoms with Crippen LogP contribution in [0.4, 0.5) is 0 Å². The normalized spacial score (nSPS) is 21.0. The molecule has 0 bridgehead atoms. The topological polar surface area (TPSA) is 18.5 Å². The minimum absolute atomic E-state index is 0.00975. The first-order valence-corrected chi connectivity index (χ1v) is 12.8. The number of benzene rings is 2. The molecule has 2 nitrogen and oxygen atoms in total. The maximum Gasteiger partial charge on any atom is 0.261 e. The number of hydrogen-bond donors (Lipinski definition) is 0. The first kappa shape index (κ1) is 20.8. The van der Waals surface area contributed by atoms with Gasteiger partial charge in [-0.1, -0.05) is 104 Å². The van der Waals surface area contributed by atoms with Crippen LogP contribution < -0.4 is 10.4 Å². The fraction of sp³-hybridized carbons (Fsp3) is 0.391. The molecule has 0 unspecified atom stereocenters. The van der Waals surface area contributed by atoms with Crippen molar-refractivity contribution in [1.82, 2.24) is 0 Å². The summed E-state index contributed by atoms with van der Waals surface area (Å²) in [5, 5.41) is 2.66. The summed E-state index contributed by atoms with van der Waals surface area (Å²) in [5.41, 5.74) is 0. The minimum Gasteiger partial charge on any atom is -0.405 e. The Morgan fingerprint density at radius 1 is 1.00 bits per heavy atom. The Hall–Kier alpha value is -0.953. The summed E-state index contributed by atoms with van der Waals surface area (Å²) in [7, 11) is -2.46. The van der Waals surface area contributed by atoms with Gasteiger partial charge in [-0.15, -0.1) is 0 Å². The van der Waals surface area contributed by atoms with E-state index in [0.29, 0.717) is 6.61 Å². The van der Waals surface area contributed by atoms with Crippen LogP contribution in [0, 0.1) is 0 Å². The minimum atomic E-state index is -2.46. The van der Waals surface area contributed by atoms with Crippen molar-refractivity contribution in [3.05, 3.63) is 70.8 Å². The average Bonchev–Trinajstić information content (AvgIpc) is 3.11. The second kappa shape index (κ2) is 9.03. The molecular formula is C23H29IO2Si. The zero-order valence-electron chi connectivity index (χ0n) is 16.4. The smallest absolute Gasteiger partial charge is 0.261 e. The van der Waals surface area contributed by atoms with E-state index in [-0.39, 0.29) is 17.2 Å². The van der Waals surface area contributed by atoms with Crippen molar-refractivity contribution >= 4 is 41.3 Å². The Balaban J connectivity index is 1.95. The summed E-state index contributed by atoms with van der Waals surface area (Å²) in [5.74, 6) is 0. The van der Waals surface area contributed by atoms with Gasteiger partial charge in [0.05, 0.1) is 18.8 Å². The van der Waals surface area contributed by atoms with Gasteiger partial charge in [0.25, 0.3) is 8.32 Å². The highest BCUT2D eigenvalue weighted by atomic mass is 127. The van der Waals surface area contributed by atoms with E-state index in [9.17, 15) is 0 Å². The van der Waals surface area contributed by atoms with Crippen LogP contribution in [0.25, 0.3) is 0 Å². The summed E-state index contributed by atoms with van der Waals surface area (Å²) in [6, 6.07) is 21.6. The monoisotopic (exact) mass is 492 g/mol. The van der Waals surface area contributed by atoms with E-state index in [1.54, 1.807) is 0 Å². The molecule has 1 aliphatic heterocycles. The van der Waals surface area contributed by atoms with Crippen molar-refractivity contribution in [2.24, 2.45) is 0 Å². The fourth-order valence-corrected chi connectivity index (χ4v) is 9.11. The second-order valence-electron chi connectivity index (χ2n) is 8.17. The van der Waals surface area contributed by atoms with Gasteiger partial charge in [0.1, 0.15) is 0 Å². The zero-order chi connectivity index (χ0) is 19.3. The number of hydrogen-bond acceptors (Lipinski definition) is 2. The second-order valence-corrected chi connectivity index (χ2v) is 13.2. The van der Waals surface area contributed by atoms with Crippen LogP contribution in [0.1, 0.15) is 33.6 Å². The van der Waals surface area contributed by atoms with Crippen LogP contribution in [-0.2, 0) is 9.16 Å². The van der Waals surface area contributed by atoms with Crippen molar-refractivity contribution in [2.45, 2.75) is 50.9 Å². The standard InChI is InChI=1S/C23H29IO2Si/c1-23(2,3)27(21-10-6-4-7-11-21,22-12-8-5-9-13-22)25-18-20-15-14-19(26-20)16-17-24/h4-13,16-17,19-20H,14-15,18H2,1-3H3/b17-16-/t19-,20-/m0/s1. The predicted molar refractivity (Wildman–Crippen MR) is 125 cm³/mol. The van der Waals surface area contributed by atoms with E-state index in [1.165, 1.54) is 10.4 Å². The third-order valence-electron chi connectivity index (χ3n) is 5.33. The van der Waals surface area contributed by atoms with Crippen molar-refractivity contribution in [3.8, 4) is 0 Å². The molecule has 0 amide bonds. The highest BCUT2D eigenvalue weighted by Gasteiger charge is 2.50. The third-order valence-corrected chi connectivity index (χ3v) is 10.8. The van der Waals surface area contributed by atoms with Crippen molar-refractivity contribution in [1.29, 1.82) is 0 Å². The summed E-state index contributed by atoms with van der Waals surface area (Å²) in [6.45, 7) is 7.60. The predicted octanol–water partition coefficient (Wildman–Crippen LogP) is 5.06. The molecule has 4 heteroatoms. The number of ether oxygens (including phenoxy) is 1. The molecule has 2 aromatic carbocycles. The maximum atomic E-state index is 6.96. The highest BCUT2D eigenvalue weighted by Crippen LogP contribution is 2.37. The van der Waals surface area contributed by atoms with Crippen LogP contribution >= 0.6 is 22.6 Å². The SMILES string of the molecule is CC(C)(C)[Si](OC[C@@H]1CC[C@@H](/C=C\I)O1)(c1ccccc1)c1ccccc1. The van der Waals surface area contributed by atoms with Gasteiger partial charge in [0.15, 0.2) is 0 Å². The molecule has 0 saturated carbocycles. The van der Waals surface area contributed by atoms with Gasteiger partial charge in [-0.2, -0.15) is 0 Å². The molecule has 3 rings (SSSR count). The molecule has 0 radical (unpaired) electrons. The largest absolute Gasteiger partial charge is 0.405 e. The van der Waals surface area contributed by atoms with E-state index in [1.807, 2.05) is 4.08 Å². The Labute approximate surface area is 178 Å². The summed E-state index contributed by atoms with van der Waals surface area (Å²) >= 11 is 2.26. The Morgan fingerprint density at radius 3 is 2.04 bits per heavy atom. The lowest BCUT2D eigenvalue weighted by atomic mass is 10.2. The van der Waals surface area contributed by atoms with Gasteiger partial charge in [-0.3, -0.25) is 0 Å². The first-order valence-electron chi connectivity index (χ1n) is 9.65. The number of rotatable bonds is 6. The van der Waals surface area contributed by atoms with E-state index < -0.39 is 8.32 Å². The average molecular weight is 492 g/mol. The molecule has 1 heterocycles. The highest BCUT2D eigenvalue weighted by molar-refractivity contribution is 14.1. The van der Waals surface area contributed by atoms with E-state index in [2.05, 4.69) is 110 Å². The Morgan fingerprint density at radius 2 is 1.56 bits per heavy atom. The lowest BCUT2D eigenvalue weighted by molar-refractivity contribution is 0.0357. The van der Waals surface area contributed by atoms with E-state index in [4.69, 9.17) is 9.16 Å². The molecule has 2 aromatic rings. The molecule has 1 aliphatic rings. The molecule has 1 saturated heterocycles. The number of halogens is 1. The molecule has 0 spiro atoms. The Bertz CT molecular complexity index is 700. The molecular weight excluding hydrogens is 463 g/mol. The lowest BCUT2D eigenvalue weighted by Crippen LogP contribution is -2.67. The molecule has 0 aromatic heterocycles. The van der Waals surface area contributed by atoms with Crippen LogP contribution in [0.15, 0.2) is 70.8 Å². The summed E-state index contributed by atoms with van der Waals surface area (Å²) in [4.78, 5) is 0. The van der Waals surface area contributed by atoms with Gasteiger partial charge >= 0.3 is 0 Å². The van der Waals surface area contributed by atoms with Crippen LogP contribution in [0.5, 0.6) is 0 Å². The third kappa shape index (κ3) is 4.55. The van der Waals surface area contributed by atoms with Gasteiger partial charge < -0.3 is 9.16 Å². The maximum absolute atomic E-state index is 6.96. The molecule has 27 heavy (non-hydrogen) atoms. The molecule has 2 atom stereocenters. The van der Waals surface area contributed by atoms with Gasteiger partial charge in [-0.25, -0.2) is 0 Å². The fourth-order valence-electron chi connectivity index (χ4n) is 4.06. The van der Waals surface area contributed by atoms with Crippen LogP contribution in [-0.4, -0.2) is 27.1 Å². The molecule has 0 N–H and O–H groups in total. The molecule has 144 valence electrons. The first-order chi connectivity index (χ1) is 13.0. The van der Waals surface area contributed by atoms with Gasteiger partial charge in [-0.05, 0) is 38.4 Å². The zero-order valence-corrected chi connectivity index (χ0v) is 19.6. The quantitative estimate of drug-likeness (QED) is 0.415. The lowest BCUT2D eigenvalue weighted by Gasteiger charge is -2.43. The van der Waals surface area contributed by atoms with Crippen LogP contribution in [0.3, 0.4) is 0 Å². The molecule has 0 aliphatic carbocycles.